The largest absolute Gasteiger partial charge is 0.336 e. The molecule has 2 aliphatic rings. The van der Waals surface area contributed by atoms with E-state index in [9.17, 15) is 9.59 Å². The number of hydrogen-bond acceptors (Lipinski definition) is 2. The molecule has 0 bridgehead atoms. The Balaban J connectivity index is 1.91. The van der Waals surface area contributed by atoms with Crippen LogP contribution in [0.5, 0.6) is 0 Å². The van der Waals surface area contributed by atoms with Gasteiger partial charge in [0.1, 0.15) is 6.04 Å². The van der Waals surface area contributed by atoms with Crippen LogP contribution in [-0.4, -0.2) is 46.8 Å². The molecule has 0 radical (unpaired) electrons. The van der Waals surface area contributed by atoms with E-state index in [1.807, 2.05) is 31.7 Å². The molecule has 1 aromatic rings. The number of piperazine rings is 1. The predicted octanol–water partition coefficient (Wildman–Crippen LogP) is 2.45. The summed E-state index contributed by atoms with van der Waals surface area (Å²) in [6.45, 7) is 9.41. The maximum absolute atomic E-state index is 13.0. The summed E-state index contributed by atoms with van der Waals surface area (Å²) in [6.07, 6.45) is 2.06. The van der Waals surface area contributed by atoms with E-state index in [1.54, 1.807) is 4.90 Å². The van der Waals surface area contributed by atoms with Crippen molar-refractivity contribution in [2.24, 2.45) is 0 Å². The highest BCUT2D eigenvalue weighted by atomic mass is 16.2. The molecule has 0 saturated carbocycles. The molecule has 1 aromatic carbocycles. The van der Waals surface area contributed by atoms with E-state index in [2.05, 4.69) is 13.0 Å². The van der Waals surface area contributed by atoms with Crippen molar-refractivity contribution >= 4 is 11.8 Å². The normalized spacial score (nSPS) is 24.6. The van der Waals surface area contributed by atoms with Crippen molar-refractivity contribution in [1.29, 1.82) is 0 Å². The lowest BCUT2D eigenvalue weighted by molar-refractivity contribution is -0.141. The summed E-state index contributed by atoms with van der Waals surface area (Å²) >= 11 is 0. The first-order valence-corrected chi connectivity index (χ1v) is 8.09. The van der Waals surface area contributed by atoms with Crippen LogP contribution in [0, 0.1) is 20.8 Å². The summed E-state index contributed by atoms with van der Waals surface area (Å²) in [6, 6.07) is 3.87. The molecule has 22 heavy (non-hydrogen) atoms. The third kappa shape index (κ3) is 2.31. The molecule has 2 fully saturated rings. The highest BCUT2D eigenvalue weighted by molar-refractivity contribution is 5.99. The highest BCUT2D eigenvalue weighted by Crippen LogP contribution is 2.27. The third-order valence-corrected chi connectivity index (χ3v) is 5.22. The van der Waals surface area contributed by atoms with Crippen molar-refractivity contribution < 1.29 is 9.59 Å². The Morgan fingerprint density at radius 1 is 1.14 bits per heavy atom. The van der Waals surface area contributed by atoms with Crippen molar-refractivity contribution in [3.8, 4) is 0 Å². The van der Waals surface area contributed by atoms with Crippen molar-refractivity contribution in [2.75, 3.05) is 13.1 Å². The van der Waals surface area contributed by atoms with Crippen molar-refractivity contribution in [3.05, 3.63) is 34.4 Å². The number of rotatable bonds is 1. The molecule has 2 heterocycles. The van der Waals surface area contributed by atoms with E-state index in [-0.39, 0.29) is 23.9 Å². The molecule has 0 spiro atoms. The molecule has 4 nitrogen and oxygen atoms in total. The van der Waals surface area contributed by atoms with Gasteiger partial charge in [-0.2, -0.15) is 0 Å². The van der Waals surface area contributed by atoms with E-state index < -0.39 is 0 Å². The molecule has 0 aromatic heterocycles. The Hall–Kier alpha value is -1.84. The second-order valence-corrected chi connectivity index (χ2v) is 6.71. The van der Waals surface area contributed by atoms with E-state index >= 15 is 0 Å². The summed E-state index contributed by atoms with van der Waals surface area (Å²) in [5.41, 5.74) is 4.03. The standard InChI is InChI=1S/C18H24N2O2/c1-11-8-13(3)16(9-12(11)2)18(22)20-10-15-6-5-7-19(15)17(21)14(20)4/h8-9,14-15H,5-7,10H2,1-4H3/t14-,15-/m0/s1. The zero-order valence-electron chi connectivity index (χ0n) is 13.8. The quantitative estimate of drug-likeness (QED) is 0.799. The Bertz CT molecular complexity index is 638. The molecule has 0 aliphatic carbocycles. The molecule has 2 amide bonds. The lowest BCUT2D eigenvalue weighted by Crippen LogP contribution is -2.60. The van der Waals surface area contributed by atoms with Crippen LogP contribution in [0.2, 0.25) is 0 Å². The SMILES string of the molecule is Cc1cc(C)c(C(=O)N2C[C@@H]3CCCN3C(=O)[C@@H]2C)cc1C. The molecule has 2 saturated heterocycles. The van der Waals surface area contributed by atoms with E-state index in [0.717, 1.165) is 36.1 Å². The van der Waals surface area contributed by atoms with Gasteiger partial charge in [0.25, 0.3) is 5.91 Å². The number of carbonyl (C=O) groups is 2. The number of amides is 2. The van der Waals surface area contributed by atoms with Crippen LogP contribution in [0.1, 0.15) is 46.8 Å². The van der Waals surface area contributed by atoms with Gasteiger partial charge in [0.05, 0.1) is 0 Å². The lowest BCUT2D eigenvalue weighted by Gasteiger charge is -2.41. The number of benzene rings is 1. The summed E-state index contributed by atoms with van der Waals surface area (Å²) < 4.78 is 0. The molecule has 2 atom stereocenters. The van der Waals surface area contributed by atoms with Gasteiger partial charge in [-0.25, -0.2) is 0 Å². The second-order valence-electron chi connectivity index (χ2n) is 6.71. The van der Waals surface area contributed by atoms with Gasteiger partial charge in [0.2, 0.25) is 5.91 Å². The van der Waals surface area contributed by atoms with Gasteiger partial charge < -0.3 is 9.80 Å². The predicted molar refractivity (Wildman–Crippen MR) is 85.9 cm³/mol. The van der Waals surface area contributed by atoms with Gasteiger partial charge >= 0.3 is 0 Å². The maximum Gasteiger partial charge on any atom is 0.254 e. The van der Waals surface area contributed by atoms with Crippen LogP contribution in [0.3, 0.4) is 0 Å². The van der Waals surface area contributed by atoms with Crippen LogP contribution in [0.15, 0.2) is 12.1 Å². The van der Waals surface area contributed by atoms with Crippen LogP contribution < -0.4 is 0 Å². The minimum absolute atomic E-state index is 0.00648. The van der Waals surface area contributed by atoms with Crippen LogP contribution >= 0.6 is 0 Å². The first-order valence-electron chi connectivity index (χ1n) is 8.09. The highest BCUT2D eigenvalue weighted by Gasteiger charge is 2.42. The van der Waals surface area contributed by atoms with Gasteiger partial charge in [0, 0.05) is 24.7 Å². The Labute approximate surface area is 132 Å². The Morgan fingerprint density at radius 3 is 2.55 bits per heavy atom. The van der Waals surface area contributed by atoms with Gasteiger partial charge in [0.15, 0.2) is 0 Å². The number of hydrogen-bond donors (Lipinski definition) is 0. The average Bonchev–Trinajstić information content (AvgIpc) is 2.94. The summed E-state index contributed by atoms with van der Waals surface area (Å²) in [5.74, 6) is 0.0941. The molecule has 0 unspecified atom stereocenters. The monoisotopic (exact) mass is 300 g/mol. The first-order chi connectivity index (χ1) is 10.4. The van der Waals surface area contributed by atoms with Gasteiger partial charge in [-0.1, -0.05) is 6.07 Å². The van der Waals surface area contributed by atoms with Gasteiger partial charge in [-0.15, -0.1) is 0 Å². The summed E-state index contributed by atoms with van der Waals surface area (Å²) in [4.78, 5) is 29.2. The average molecular weight is 300 g/mol. The fraction of sp³-hybridized carbons (Fsp3) is 0.556. The Kier molecular flexibility index (Phi) is 3.71. The minimum atomic E-state index is -0.358. The smallest absolute Gasteiger partial charge is 0.254 e. The van der Waals surface area contributed by atoms with Crippen LogP contribution in [-0.2, 0) is 4.79 Å². The molecular formula is C18H24N2O2. The van der Waals surface area contributed by atoms with Gasteiger partial charge in [-0.3, -0.25) is 9.59 Å². The fourth-order valence-corrected chi connectivity index (χ4v) is 3.68. The van der Waals surface area contributed by atoms with Gasteiger partial charge in [-0.05, 0) is 63.3 Å². The van der Waals surface area contributed by atoms with Crippen molar-refractivity contribution in [2.45, 2.75) is 52.6 Å². The van der Waals surface area contributed by atoms with E-state index in [0.29, 0.717) is 6.54 Å². The fourth-order valence-electron chi connectivity index (χ4n) is 3.68. The number of nitrogens with zero attached hydrogens (tertiary/aromatic N) is 2. The zero-order valence-corrected chi connectivity index (χ0v) is 13.8. The molecule has 4 heteroatoms. The van der Waals surface area contributed by atoms with E-state index in [4.69, 9.17) is 0 Å². The number of carbonyl (C=O) groups excluding carboxylic acids is 2. The minimum Gasteiger partial charge on any atom is -0.336 e. The molecule has 118 valence electrons. The summed E-state index contributed by atoms with van der Waals surface area (Å²) in [5, 5.41) is 0. The number of aryl methyl sites for hydroxylation is 3. The zero-order chi connectivity index (χ0) is 16.0. The Morgan fingerprint density at radius 2 is 1.82 bits per heavy atom. The van der Waals surface area contributed by atoms with Crippen molar-refractivity contribution in [1.82, 2.24) is 9.80 Å². The van der Waals surface area contributed by atoms with Crippen LogP contribution in [0.25, 0.3) is 0 Å². The topological polar surface area (TPSA) is 40.6 Å². The lowest BCUT2D eigenvalue weighted by atomic mass is 9.98. The molecule has 0 N–H and O–H groups in total. The molecular weight excluding hydrogens is 276 g/mol. The maximum atomic E-state index is 13.0. The number of fused-ring (bicyclic) bond motifs is 1. The third-order valence-electron chi connectivity index (χ3n) is 5.22. The second kappa shape index (κ2) is 5.41. The van der Waals surface area contributed by atoms with Crippen LogP contribution in [0.4, 0.5) is 0 Å². The van der Waals surface area contributed by atoms with E-state index in [1.165, 1.54) is 5.56 Å². The molecule has 2 aliphatic heterocycles. The first kappa shape index (κ1) is 15.1. The van der Waals surface area contributed by atoms with Crippen molar-refractivity contribution in [3.63, 3.8) is 0 Å². The summed E-state index contributed by atoms with van der Waals surface area (Å²) in [7, 11) is 0. The molecule has 3 rings (SSSR count).